The summed E-state index contributed by atoms with van der Waals surface area (Å²) in [6.07, 6.45) is 3.87. The molecule has 5 nitrogen and oxygen atoms in total. The third kappa shape index (κ3) is 5.14. The van der Waals surface area contributed by atoms with Crippen LogP contribution in [-0.4, -0.2) is 51.9 Å². The summed E-state index contributed by atoms with van der Waals surface area (Å²) in [4.78, 5) is 26.1. The Morgan fingerprint density at radius 1 is 1.00 bits per heavy atom. The van der Waals surface area contributed by atoms with Gasteiger partial charge in [0.1, 0.15) is 0 Å². The van der Waals surface area contributed by atoms with Crippen molar-refractivity contribution in [1.82, 2.24) is 19.8 Å². The van der Waals surface area contributed by atoms with Gasteiger partial charge in [-0.2, -0.15) is 0 Å². The molecule has 32 heavy (non-hydrogen) atoms. The van der Waals surface area contributed by atoms with Crippen LogP contribution in [0.25, 0.3) is 5.57 Å². The third-order valence-electron chi connectivity index (χ3n) is 6.07. The van der Waals surface area contributed by atoms with Crippen LogP contribution in [0.15, 0.2) is 65.1 Å². The fourth-order valence-electron chi connectivity index (χ4n) is 4.29. The molecule has 3 aromatic rings. The predicted molar refractivity (Wildman–Crippen MR) is 131 cm³/mol. The van der Waals surface area contributed by atoms with Crippen LogP contribution in [0.4, 0.5) is 0 Å². The van der Waals surface area contributed by atoms with E-state index in [1.807, 2.05) is 54.7 Å². The van der Waals surface area contributed by atoms with Crippen molar-refractivity contribution in [2.24, 2.45) is 0 Å². The first-order valence-electron chi connectivity index (χ1n) is 11.3. The topological polar surface area (TPSA) is 49.3 Å². The van der Waals surface area contributed by atoms with E-state index in [9.17, 15) is 4.79 Å². The Hall–Kier alpha value is -2.83. The van der Waals surface area contributed by atoms with E-state index in [2.05, 4.69) is 38.4 Å². The van der Waals surface area contributed by atoms with E-state index in [0.29, 0.717) is 0 Å². The second-order valence-electron chi connectivity index (χ2n) is 8.00. The van der Waals surface area contributed by atoms with Crippen LogP contribution in [-0.2, 0) is 6.54 Å². The first kappa shape index (κ1) is 22.4. The van der Waals surface area contributed by atoms with Gasteiger partial charge in [-0.15, -0.1) is 11.3 Å². The van der Waals surface area contributed by atoms with Crippen LogP contribution < -0.4 is 0 Å². The molecule has 166 valence electrons. The first-order valence-corrected chi connectivity index (χ1v) is 12.3. The minimum absolute atomic E-state index is 0.0870. The van der Waals surface area contributed by atoms with Gasteiger partial charge >= 0.3 is 0 Å². The van der Waals surface area contributed by atoms with Crippen LogP contribution in [0.1, 0.15) is 54.0 Å². The molecule has 0 radical (unpaired) electrons. The molecule has 0 bridgehead atoms. The molecule has 2 aromatic heterocycles. The molecule has 1 aromatic carbocycles. The van der Waals surface area contributed by atoms with E-state index in [1.54, 1.807) is 11.3 Å². The van der Waals surface area contributed by atoms with Gasteiger partial charge in [0.05, 0.1) is 16.9 Å². The molecular weight excluding hydrogens is 416 g/mol. The number of nitrogens with zero attached hydrogens (tertiary/aromatic N) is 4. The first-order chi connectivity index (χ1) is 15.7. The van der Waals surface area contributed by atoms with Crippen molar-refractivity contribution in [2.75, 3.05) is 26.2 Å². The summed E-state index contributed by atoms with van der Waals surface area (Å²) in [6.45, 7) is 8.41. The Morgan fingerprint density at radius 3 is 2.31 bits per heavy atom. The number of rotatable bonds is 7. The van der Waals surface area contributed by atoms with Crippen LogP contribution in [0.3, 0.4) is 0 Å². The number of likely N-dealkylation sites (tertiary alicyclic amines) is 1. The number of amides is 1. The van der Waals surface area contributed by atoms with E-state index in [0.717, 1.165) is 68.1 Å². The fraction of sp³-hybridized carbons (Fsp3) is 0.346. The summed E-state index contributed by atoms with van der Waals surface area (Å²) in [5.74, 6) is 0.0870. The number of piperidine rings is 1. The number of pyridine rings is 1. The molecule has 0 N–H and O–H groups in total. The quantitative estimate of drug-likeness (QED) is 0.506. The van der Waals surface area contributed by atoms with Crippen molar-refractivity contribution >= 4 is 22.8 Å². The lowest BCUT2D eigenvalue weighted by Crippen LogP contribution is -2.31. The molecule has 0 unspecified atom stereocenters. The van der Waals surface area contributed by atoms with Crippen molar-refractivity contribution in [1.29, 1.82) is 0 Å². The van der Waals surface area contributed by atoms with E-state index in [1.165, 1.54) is 11.1 Å². The van der Waals surface area contributed by atoms with E-state index in [4.69, 9.17) is 0 Å². The Labute approximate surface area is 194 Å². The highest BCUT2D eigenvalue weighted by molar-refractivity contribution is 7.07. The zero-order valence-electron chi connectivity index (χ0n) is 18.8. The summed E-state index contributed by atoms with van der Waals surface area (Å²) < 4.78 is 0. The second kappa shape index (κ2) is 10.7. The summed E-state index contributed by atoms with van der Waals surface area (Å²) >= 11 is 1.65. The van der Waals surface area contributed by atoms with E-state index >= 15 is 0 Å². The molecule has 1 saturated heterocycles. The third-order valence-corrected chi connectivity index (χ3v) is 6.71. The minimum atomic E-state index is 0.0870. The average molecular weight is 447 g/mol. The molecule has 0 atom stereocenters. The maximum absolute atomic E-state index is 12.7. The lowest BCUT2D eigenvalue weighted by atomic mass is 9.90. The van der Waals surface area contributed by atoms with Crippen LogP contribution in [0.2, 0.25) is 0 Å². The smallest absolute Gasteiger partial charge is 0.253 e. The number of carbonyl (C=O) groups is 1. The van der Waals surface area contributed by atoms with Crippen molar-refractivity contribution in [3.63, 3.8) is 0 Å². The van der Waals surface area contributed by atoms with Gasteiger partial charge < -0.3 is 4.90 Å². The van der Waals surface area contributed by atoms with E-state index < -0.39 is 0 Å². The van der Waals surface area contributed by atoms with Gasteiger partial charge in [0, 0.05) is 55.4 Å². The minimum Gasteiger partial charge on any atom is -0.339 e. The Balaban J connectivity index is 1.59. The van der Waals surface area contributed by atoms with Gasteiger partial charge in [-0.3, -0.25) is 14.7 Å². The lowest BCUT2D eigenvalue weighted by molar-refractivity contribution is 0.0773. The summed E-state index contributed by atoms with van der Waals surface area (Å²) in [6, 6.07) is 14.1. The molecule has 1 aliphatic rings. The Bertz CT molecular complexity index is 1030. The molecule has 1 amide bonds. The molecule has 1 fully saturated rings. The maximum Gasteiger partial charge on any atom is 0.253 e. The van der Waals surface area contributed by atoms with Crippen molar-refractivity contribution in [2.45, 2.75) is 33.2 Å². The van der Waals surface area contributed by atoms with Gasteiger partial charge in [0.2, 0.25) is 0 Å². The average Bonchev–Trinajstić information content (AvgIpc) is 3.35. The van der Waals surface area contributed by atoms with Crippen LogP contribution in [0.5, 0.6) is 0 Å². The van der Waals surface area contributed by atoms with Gasteiger partial charge in [-0.25, -0.2) is 4.98 Å². The van der Waals surface area contributed by atoms with Gasteiger partial charge in [0.25, 0.3) is 5.91 Å². The number of aromatic nitrogens is 2. The van der Waals surface area contributed by atoms with Crippen LogP contribution >= 0.6 is 11.3 Å². The summed E-state index contributed by atoms with van der Waals surface area (Å²) in [5, 5.41) is 2.13. The number of carbonyl (C=O) groups excluding carboxylic acids is 1. The van der Waals surface area contributed by atoms with Gasteiger partial charge in [-0.05, 0) is 56.5 Å². The maximum atomic E-state index is 12.7. The molecule has 3 heterocycles. The molecular formula is C26H30N4OS. The zero-order chi connectivity index (χ0) is 22.3. The van der Waals surface area contributed by atoms with Crippen molar-refractivity contribution in [3.8, 4) is 0 Å². The standard InChI is InChI=1S/C26H30N4OS/c1-3-30(4-2)26(31)22-10-8-20(9-11-22)25(24-7-5-6-14-27-24)21-12-15-29(16-13-21)17-23-18-32-19-28-23/h5-11,14,18-19H,3-4,12-13,15-17H2,1-2H3. The second-order valence-corrected chi connectivity index (χ2v) is 8.72. The molecule has 1 aliphatic heterocycles. The monoisotopic (exact) mass is 446 g/mol. The Kier molecular flexibility index (Phi) is 7.45. The lowest BCUT2D eigenvalue weighted by Gasteiger charge is -2.29. The molecule has 0 saturated carbocycles. The van der Waals surface area contributed by atoms with Gasteiger partial charge in [-0.1, -0.05) is 23.8 Å². The molecule has 4 rings (SSSR count). The SMILES string of the molecule is CCN(CC)C(=O)c1ccc(C(=C2CCN(Cc3cscn3)CC2)c2ccccn2)cc1. The highest BCUT2D eigenvalue weighted by Crippen LogP contribution is 2.32. The summed E-state index contributed by atoms with van der Waals surface area (Å²) in [7, 11) is 0. The van der Waals surface area contributed by atoms with E-state index in [-0.39, 0.29) is 5.91 Å². The number of thiazole rings is 1. The number of hydrogen-bond acceptors (Lipinski definition) is 5. The summed E-state index contributed by atoms with van der Waals surface area (Å²) in [5.41, 5.74) is 8.56. The highest BCUT2D eigenvalue weighted by atomic mass is 32.1. The number of benzene rings is 1. The normalized spacial score (nSPS) is 14.4. The van der Waals surface area contributed by atoms with Crippen molar-refractivity contribution in [3.05, 3.63) is 87.6 Å². The largest absolute Gasteiger partial charge is 0.339 e. The molecule has 0 aliphatic carbocycles. The fourth-order valence-corrected chi connectivity index (χ4v) is 4.84. The number of hydrogen-bond donors (Lipinski definition) is 0. The zero-order valence-corrected chi connectivity index (χ0v) is 19.6. The predicted octanol–water partition coefficient (Wildman–Crippen LogP) is 5.12. The van der Waals surface area contributed by atoms with Crippen LogP contribution in [0, 0.1) is 0 Å². The molecule has 6 heteroatoms. The van der Waals surface area contributed by atoms with Gasteiger partial charge in [0.15, 0.2) is 0 Å². The highest BCUT2D eigenvalue weighted by Gasteiger charge is 2.21. The Morgan fingerprint density at radius 2 is 1.72 bits per heavy atom. The molecule has 0 spiro atoms. The van der Waals surface area contributed by atoms with Crippen molar-refractivity contribution < 1.29 is 4.79 Å².